The molecule has 126 valence electrons. The van der Waals surface area contributed by atoms with Crippen LogP contribution in [0.4, 0.5) is 0 Å². The fourth-order valence-corrected chi connectivity index (χ4v) is 7.26. The lowest BCUT2D eigenvalue weighted by atomic mass is 9.45. The van der Waals surface area contributed by atoms with Crippen LogP contribution in [0.5, 0.6) is 0 Å². The summed E-state index contributed by atoms with van der Waals surface area (Å²) in [6.07, 6.45) is 10.9. The van der Waals surface area contributed by atoms with Crippen molar-refractivity contribution in [1.29, 1.82) is 0 Å². The van der Waals surface area contributed by atoms with Crippen molar-refractivity contribution < 1.29 is 4.79 Å². The maximum absolute atomic E-state index is 12.3. The Morgan fingerprint density at radius 3 is 2.74 bits per heavy atom. The smallest absolute Gasteiger partial charge is 0.142 e. The van der Waals surface area contributed by atoms with Crippen molar-refractivity contribution in [2.45, 2.75) is 77.7 Å². The van der Waals surface area contributed by atoms with Crippen LogP contribution in [0.15, 0.2) is 5.11 Å². The van der Waals surface area contributed by atoms with E-state index in [9.17, 15) is 4.79 Å². The molecule has 4 rings (SSSR count). The number of carbonyl (C=O) groups excluding carboxylic acids is 1. The van der Waals surface area contributed by atoms with Crippen molar-refractivity contribution >= 4 is 5.78 Å². The SMILES string of the molecule is C[C@@]12CCC[C@H]1[C@@H]1CC[C@H]3CC(=O)[C@H](N=[N+]=[N-])C[C@]3(C)[C@H]1CC2. The number of hydrogen-bond acceptors (Lipinski definition) is 2. The number of ketones is 1. The van der Waals surface area contributed by atoms with E-state index in [1.54, 1.807) is 0 Å². The predicted octanol–water partition coefficient (Wildman–Crippen LogP) is 5.28. The summed E-state index contributed by atoms with van der Waals surface area (Å²) in [6, 6.07) is -0.406. The van der Waals surface area contributed by atoms with Crippen LogP contribution in [-0.4, -0.2) is 11.8 Å². The monoisotopic (exact) mass is 315 g/mol. The van der Waals surface area contributed by atoms with Crippen LogP contribution in [0.3, 0.4) is 0 Å². The highest BCUT2D eigenvalue weighted by atomic mass is 16.1. The van der Waals surface area contributed by atoms with Crippen LogP contribution in [0.2, 0.25) is 0 Å². The quantitative estimate of drug-likeness (QED) is 0.369. The Labute approximate surface area is 139 Å². The van der Waals surface area contributed by atoms with E-state index in [1.165, 1.54) is 44.9 Å². The zero-order valence-corrected chi connectivity index (χ0v) is 14.5. The molecule has 4 saturated carbocycles. The van der Waals surface area contributed by atoms with Crippen LogP contribution < -0.4 is 0 Å². The van der Waals surface area contributed by atoms with Gasteiger partial charge in [-0.1, -0.05) is 25.4 Å². The lowest BCUT2D eigenvalue weighted by molar-refractivity contribution is -0.140. The van der Waals surface area contributed by atoms with Gasteiger partial charge in [0.1, 0.15) is 5.78 Å². The van der Waals surface area contributed by atoms with Gasteiger partial charge in [0.25, 0.3) is 0 Å². The van der Waals surface area contributed by atoms with Gasteiger partial charge in [-0.3, -0.25) is 4.79 Å². The molecule has 23 heavy (non-hydrogen) atoms. The second-order valence-corrected chi connectivity index (χ2v) is 9.34. The van der Waals surface area contributed by atoms with E-state index in [2.05, 4.69) is 23.9 Å². The molecular formula is C19H29N3O. The van der Waals surface area contributed by atoms with E-state index in [0.29, 0.717) is 17.8 Å². The fraction of sp³-hybridized carbons (Fsp3) is 0.947. The van der Waals surface area contributed by atoms with E-state index in [0.717, 1.165) is 24.2 Å². The van der Waals surface area contributed by atoms with Gasteiger partial charge < -0.3 is 0 Å². The van der Waals surface area contributed by atoms with Gasteiger partial charge >= 0.3 is 0 Å². The molecule has 0 heterocycles. The number of fused-ring (bicyclic) bond motifs is 5. The molecule has 0 saturated heterocycles. The van der Waals surface area contributed by atoms with Crippen LogP contribution >= 0.6 is 0 Å². The van der Waals surface area contributed by atoms with Gasteiger partial charge in [-0.05, 0) is 85.0 Å². The Balaban J connectivity index is 1.65. The third-order valence-corrected chi connectivity index (χ3v) is 8.49. The van der Waals surface area contributed by atoms with E-state index >= 15 is 0 Å². The summed E-state index contributed by atoms with van der Waals surface area (Å²) in [4.78, 5) is 15.3. The van der Waals surface area contributed by atoms with Crippen molar-refractivity contribution in [2.24, 2.45) is 39.6 Å². The average Bonchev–Trinajstić information content (AvgIpc) is 2.91. The Kier molecular flexibility index (Phi) is 3.53. The molecule has 0 aromatic carbocycles. The molecule has 0 amide bonds. The largest absolute Gasteiger partial charge is 0.299 e. The van der Waals surface area contributed by atoms with Crippen molar-refractivity contribution in [3.8, 4) is 0 Å². The molecular weight excluding hydrogens is 286 g/mol. The Hall–Kier alpha value is -1.02. The van der Waals surface area contributed by atoms with Crippen LogP contribution in [-0.2, 0) is 4.79 Å². The molecule has 4 aliphatic rings. The van der Waals surface area contributed by atoms with Gasteiger partial charge in [-0.15, -0.1) is 0 Å². The van der Waals surface area contributed by atoms with Crippen LogP contribution in [0, 0.1) is 34.5 Å². The van der Waals surface area contributed by atoms with Gasteiger partial charge in [0.2, 0.25) is 0 Å². The highest BCUT2D eigenvalue weighted by molar-refractivity contribution is 5.85. The fourth-order valence-electron chi connectivity index (χ4n) is 7.26. The van der Waals surface area contributed by atoms with Crippen LogP contribution in [0.1, 0.15) is 71.6 Å². The zero-order chi connectivity index (χ0) is 16.2. The van der Waals surface area contributed by atoms with E-state index in [1.807, 2.05) is 0 Å². The van der Waals surface area contributed by atoms with E-state index in [4.69, 9.17) is 5.53 Å². The maximum atomic E-state index is 12.3. The van der Waals surface area contributed by atoms with Crippen molar-refractivity contribution in [1.82, 2.24) is 0 Å². The summed E-state index contributed by atoms with van der Waals surface area (Å²) in [5, 5.41) is 3.85. The molecule has 0 aromatic rings. The summed E-state index contributed by atoms with van der Waals surface area (Å²) < 4.78 is 0. The lowest BCUT2D eigenvalue weighted by Crippen LogP contribution is -2.55. The first-order valence-electron chi connectivity index (χ1n) is 9.55. The van der Waals surface area contributed by atoms with Crippen LogP contribution in [0.25, 0.3) is 10.4 Å². The topological polar surface area (TPSA) is 65.8 Å². The van der Waals surface area contributed by atoms with Gasteiger partial charge in [0.05, 0.1) is 6.04 Å². The number of Topliss-reactive ketones (excluding diaryl/α,β-unsaturated/α-hetero) is 1. The highest BCUT2D eigenvalue weighted by Crippen LogP contribution is 2.66. The highest BCUT2D eigenvalue weighted by Gasteiger charge is 2.58. The minimum Gasteiger partial charge on any atom is -0.299 e. The van der Waals surface area contributed by atoms with E-state index < -0.39 is 6.04 Å². The predicted molar refractivity (Wildman–Crippen MR) is 89.7 cm³/mol. The first kappa shape index (κ1) is 15.5. The minimum absolute atomic E-state index is 0.185. The third kappa shape index (κ3) is 2.17. The number of azide groups is 1. The van der Waals surface area contributed by atoms with Gasteiger partial charge in [-0.25, -0.2) is 0 Å². The standard InChI is InChI=1S/C19H29N3O/c1-18-8-3-4-14(18)13-6-5-12-10-17(23)16(21-22-20)11-19(12,2)15(13)7-9-18/h12-16H,3-11H2,1-2H3/t12-,13-,14-,15-,16+,18-,19-/m0/s1. The summed E-state index contributed by atoms with van der Waals surface area (Å²) in [5.74, 6) is 3.19. The number of hydrogen-bond donors (Lipinski definition) is 0. The molecule has 4 nitrogen and oxygen atoms in total. The lowest BCUT2D eigenvalue weighted by Gasteiger charge is -2.60. The first-order chi connectivity index (χ1) is 11.0. The van der Waals surface area contributed by atoms with Crippen molar-refractivity contribution in [3.05, 3.63) is 10.4 Å². The Morgan fingerprint density at radius 1 is 1.13 bits per heavy atom. The molecule has 7 atom stereocenters. The minimum atomic E-state index is -0.406. The molecule has 0 aliphatic heterocycles. The van der Waals surface area contributed by atoms with Gasteiger partial charge in [0.15, 0.2) is 0 Å². The summed E-state index contributed by atoms with van der Waals surface area (Å²) in [7, 11) is 0. The molecule has 4 heteroatoms. The number of rotatable bonds is 1. The van der Waals surface area contributed by atoms with Crippen molar-refractivity contribution in [3.63, 3.8) is 0 Å². The molecule has 0 unspecified atom stereocenters. The zero-order valence-electron chi connectivity index (χ0n) is 14.5. The maximum Gasteiger partial charge on any atom is 0.142 e. The molecule has 0 spiro atoms. The molecule has 4 fully saturated rings. The second-order valence-electron chi connectivity index (χ2n) is 9.34. The average molecular weight is 315 g/mol. The summed E-state index contributed by atoms with van der Waals surface area (Å²) in [6.45, 7) is 4.95. The molecule has 0 aromatic heterocycles. The third-order valence-electron chi connectivity index (χ3n) is 8.49. The summed E-state index contributed by atoms with van der Waals surface area (Å²) in [5.41, 5.74) is 9.60. The first-order valence-corrected chi connectivity index (χ1v) is 9.55. The number of nitrogens with zero attached hydrogens (tertiary/aromatic N) is 3. The normalized spacial score (nSPS) is 52.1. The second kappa shape index (κ2) is 5.24. The van der Waals surface area contributed by atoms with Crippen molar-refractivity contribution in [2.75, 3.05) is 0 Å². The molecule has 0 radical (unpaired) electrons. The molecule has 0 N–H and O–H groups in total. The Morgan fingerprint density at radius 2 is 1.96 bits per heavy atom. The molecule has 4 aliphatic carbocycles. The van der Waals surface area contributed by atoms with Gasteiger partial charge in [0, 0.05) is 11.3 Å². The Bertz CT molecular complexity index is 569. The number of carbonyl (C=O) groups is 1. The summed E-state index contributed by atoms with van der Waals surface area (Å²) >= 11 is 0. The molecule has 0 bridgehead atoms. The van der Waals surface area contributed by atoms with E-state index in [-0.39, 0.29) is 11.2 Å². The van der Waals surface area contributed by atoms with Gasteiger partial charge in [-0.2, -0.15) is 0 Å².